The largest absolute Gasteiger partial charge is 0.352 e. The molecule has 2 amide bonds. The molecule has 0 aliphatic carbocycles. The number of thiazole rings is 1. The van der Waals surface area contributed by atoms with Crippen LogP contribution in [0.2, 0.25) is 0 Å². The lowest BCUT2D eigenvalue weighted by Gasteiger charge is -2.20. The predicted molar refractivity (Wildman–Crippen MR) is 155 cm³/mol. The predicted octanol–water partition coefficient (Wildman–Crippen LogP) is 6.61. The summed E-state index contributed by atoms with van der Waals surface area (Å²) in [7, 11) is 0. The van der Waals surface area contributed by atoms with E-state index in [1.165, 1.54) is 23.3 Å². The summed E-state index contributed by atoms with van der Waals surface area (Å²) in [4.78, 5) is 27.8. The third kappa shape index (κ3) is 13.7. The zero-order valence-corrected chi connectivity index (χ0v) is 25.0. The molecule has 0 spiro atoms. The van der Waals surface area contributed by atoms with Gasteiger partial charge in [-0.25, -0.2) is 4.98 Å². The van der Waals surface area contributed by atoms with Crippen LogP contribution < -0.4 is 10.6 Å². The van der Waals surface area contributed by atoms with Crippen LogP contribution in [-0.2, 0) is 9.59 Å². The van der Waals surface area contributed by atoms with Gasteiger partial charge in [-0.3, -0.25) is 9.59 Å². The second-order valence-electron chi connectivity index (χ2n) is 10.3. The number of amides is 2. The minimum atomic E-state index is 0.0455. The summed E-state index contributed by atoms with van der Waals surface area (Å²) in [5.41, 5.74) is 5.61. The first kappa shape index (κ1) is 33.8. The number of nitrogens with zero attached hydrogens (tertiary/aromatic N) is 2. The molecule has 0 radical (unpaired) electrons. The first-order chi connectivity index (χ1) is 17.0. The third-order valence-corrected chi connectivity index (χ3v) is 6.49. The van der Waals surface area contributed by atoms with Gasteiger partial charge in [0, 0.05) is 25.2 Å². The summed E-state index contributed by atoms with van der Waals surface area (Å²) in [6.45, 7) is 23.2. The number of aryl methyl sites for hydroxylation is 1. The Bertz CT molecular complexity index is 844. The van der Waals surface area contributed by atoms with Gasteiger partial charge in [0.25, 0.3) is 0 Å². The second-order valence-corrected chi connectivity index (χ2v) is 11.2. The number of hydrogen-bond donors (Lipinski definition) is 2. The van der Waals surface area contributed by atoms with E-state index in [-0.39, 0.29) is 6.04 Å². The van der Waals surface area contributed by atoms with Crippen LogP contribution in [0.1, 0.15) is 92.5 Å². The average molecular weight is 519 g/mol. The van der Waals surface area contributed by atoms with E-state index in [1.54, 1.807) is 11.3 Å². The van der Waals surface area contributed by atoms with Gasteiger partial charge in [-0.05, 0) is 50.2 Å². The standard InChI is InChI=1S/C13H14N2OS.C8H19N.C6H11NO.C2H6/c1-9(14-7-16)11-3-5-12(6-4-11)13-10(2)15-8-17-13;1-7(2)9-6-8(3,4)5;1-6-3-2-4-7(6)5-8;1-2/h3-9H,1-2H3,(H,14,16);7,9H,6H2,1-5H3;5-6H,2-4H2,1H3;1-2H3. The Morgan fingerprint density at radius 3 is 2.08 bits per heavy atom. The summed E-state index contributed by atoms with van der Waals surface area (Å²) < 4.78 is 0. The highest BCUT2D eigenvalue weighted by Gasteiger charge is 2.17. The van der Waals surface area contributed by atoms with Gasteiger partial charge in [-0.15, -0.1) is 11.3 Å². The Balaban J connectivity index is 0.000000546. The highest BCUT2D eigenvalue weighted by atomic mass is 32.1. The van der Waals surface area contributed by atoms with Crippen LogP contribution in [0.4, 0.5) is 0 Å². The number of benzene rings is 1. The topological polar surface area (TPSA) is 74.3 Å². The quantitative estimate of drug-likeness (QED) is 0.405. The van der Waals surface area contributed by atoms with Crippen molar-refractivity contribution in [1.29, 1.82) is 0 Å². The van der Waals surface area contributed by atoms with Crippen LogP contribution >= 0.6 is 11.3 Å². The van der Waals surface area contributed by atoms with Crippen LogP contribution in [-0.4, -0.2) is 47.9 Å². The maximum Gasteiger partial charge on any atom is 0.209 e. The molecule has 7 heteroatoms. The Hall–Kier alpha value is -2.25. The van der Waals surface area contributed by atoms with Crippen LogP contribution in [0, 0.1) is 12.3 Å². The van der Waals surface area contributed by atoms with E-state index in [4.69, 9.17) is 0 Å². The fourth-order valence-corrected chi connectivity index (χ4v) is 4.13. The fraction of sp³-hybridized carbons (Fsp3) is 0.621. The molecular formula is C29H50N4O2S. The maximum absolute atomic E-state index is 10.4. The van der Waals surface area contributed by atoms with Crippen molar-refractivity contribution < 1.29 is 9.59 Å². The molecule has 0 saturated carbocycles. The van der Waals surface area contributed by atoms with E-state index in [0.717, 1.165) is 37.2 Å². The minimum absolute atomic E-state index is 0.0455. The molecule has 1 saturated heterocycles. The summed E-state index contributed by atoms with van der Waals surface area (Å²) >= 11 is 1.64. The Labute approximate surface area is 224 Å². The molecule has 1 aliphatic heterocycles. The number of rotatable bonds is 7. The van der Waals surface area contributed by atoms with Crippen LogP contribution in [0.5, 0.6) is 0 Å². The lowest BCUT2D eigenvalue weighted by molar-refractivity contribution is -0.118. The van der Waals surface area contributed by atoms with Gasteiger partial charge >= 0.3 is 0 Å². The summed E-state index contributed by atoms with van der Waals surface area (Å²) in [6.07, 6.45) is 4.03. The number of hydrogen-bond acceptors (Lipinski definition) is 5. The van der Waals surface area contributed by atoms with E-state index in [9.17, 15) is 9.59 Å². The molecular weight excluding hydrogens is 468 g/mol. The smallest absolute Gasteiger partial charge is 0.209 e. The van der Waals surface area contributed by atoms with Gasteiger partial charge in [-0.2, -0.15) is 0 Å². The molecule has 2 atom stereocenters. The molecule has 3 rings (SSSR count). The summed E-state index contributed by atoms with van der Waals surface area (Å²) in [6, 6.07) is 9.36. The van der Waals surface area contributed by atoms with Gasteiger partial charge in [0.05, 0.1) is 22.1 Å². The van der Waals surface area contributed by atoms with Crippen LogP contribution in [0.25, 0.3) is 10.4 Å². The molecule has 36 heavy (non-hydrogen) atoms. The molecule has 2 aromatic rings. The van der Waals surface area contributed by atoms with Crippen molar-refractivity contribution in [1.82, 2.24) is 20.5 Å². The van der Waals surface area contributed by atoms with E-state index in [0.29, 0.717) is 17.5 Å². The molecule has 1 fully saturated rings. The molecule has 6 nitrogen and oxygen atoms in total. The Morgan fingerprint density at radius 2 is 1.75 bits per heavy atom. The number of nitrogens with one attached hydrogen (secondary N) is 2. The molecule has 2 unspecified atom stereocenters. The number of carbonyl (C=O) groups excluding carboxylic acids is 2. The van der Waals surface area contributed by atoms with E-state index in [2.05, 4.69) is 69.3 Å². The van der Waals surface area contributed by atoms with E-state index >= 15 is 0 Å². The first-order valence-electron chi connectivity index (χ1n) is 13.1. The lowest BCUT2D eigenvalue weighted by Crippen LogP contribution is -2.31. The van der Waals surface area contributed by atoms with Gasteiger partial charge < -0.3 is 15.5 Å². The lowest BCUT2D eigenvalue weighted by atomic mass is 9.97. The highest BCUT2D eigenvalue weighted by molar-refractivity contribution is 7.13. The molecule has 1 aliphatic rings. The SMILES string of the molecule is CC.CC(C)NCC(C)(C)C.CC1CCCN1C=O.Cc1ncsc1-c1ccc(C(C)NC=O)cc1. The summed E-state index contributed by atoms with van der Waals surface area (Å²) in [5, 5.41) is 6.12. The van der Waals surface area contributed by atoms with E-state index in [1.807, 2.05) is 50.2 Å². The van der Waals surface area contributed by atoms with Crippen molar-refractivity contribution in [2.45, 2.75) is 100 Å². The van der Waals surface area contributed by atoms with Gasteiger partial charge in [0.1, 0.15) is 0 Å². The van der Waals surface area contributed by atoms with Crippen molar-refractivity contribution in [3.05, 3.63) is 41.0 Å². The Morgan fingerprint density at radius 1 is 1.14 bits per heavy atom. The fourth-order valence-electron chi connectivity index (χ4n) is 3.32. The van der Waals surface area contributed by atoms with Gasteiger partial charge in [-0.1, -0.05) is 72.7 Å². The van der Waals surface area contributed by atoms with Gasteiger partial charge in [0.15, 0.2) is 0 Å². The first-order valence-corrected chi connectivity index (χ1v) is 14.0. The van der Waals surface area contributed by atoms with Crippen molar-refractivity contribution in [2.75, 3.05) is 13.1 Å². The average Bonchev–Trinajstić information content (AvgIpc) is 3.47. The third-order valence-electron chi connectivity index (χ3n) is 5.52. The highest BCUT2D eigenvalue weighted by Crippen LogP contribution is 2.28. The Kier molecular flexibility index (Phi) is 16.9. The monoisotopic (exact) mass is 518 g/mol. The van der Waals surface area contributed by atoms with Crippen molar-refractivity contribution >= 4 is 24.2 Å². The number of likely N-dealkylation sites (tertiary alicyclic amines) is 1. The van der Waals surface area contributed by atoms with Crippen molar-refractivity contribution in [3.8, 4) is 10.4 Å². The molecule has 2 heterocycles. The summed E-state index contributed by atoms with van der Waals surface area (Å²) in [5.74, 6) is 0. The second kappa shape index (κ2) is 18.1. The van der Waals surface area contributed by atoms with Crippen LogP contribution in [0.3, 0.4) is 0 Å². The molecule has 2 N–H and O–H groups in total. The van der Waals surface area contributed by atoms with E-state index < -0.39 is 0 Å². The number of carbonyl (C=O) groups is 2. The molecule has 204 valence electrons. The zero-order valence-electron chi connectivity index (χ0n) is 24.2. The maximum atomic E-state index is 10.4. The zero-order chi connectivity index (χ0) is 27.7. The normalized spacial score (nSPS) is 15.4. The van der Waals surface area contributed by atoms with Crippen molar-refractivity contribution in [3.63, 3.8) is 0 Å². The molecule has 1 aromatic carbocycles. The number of aromatic nitrogens is 1. The van der Waals surface area contributed by atoms with Gasteiger partial charge in [0.2, 0.25) is 12.8 Å². The minimum Gasteiger partial charge on any atom is -0.352 e. The molecule has 0 bridgehead atoms. The molecule has 1 aromatic heterocycles. The van der Waals surface area contributed by atoms with Crippen molar-refractivity contribution in [2.24, 2.45) is 5.41 Å². The van der Waals surface area contributed by atoms with Crippen LogP contribution in [0.15, 0.2) is 29.8 Å².